The first-order chi connectivity index (χ1) is 14.2. The third-order valence-corrected chi connectivity index (χ3v) is 6.36. The van der Waals surface area contributed by atoms with Crippen LogP contribution < -0.4 is 0 Å². The van der Waals surface area contributed by atoms with Crippen molar-refractivity contribution < 1.29 is 19.0 Å². The van der Waals surface area contributed by atoms with Gasteiger partial charge in [-0.05, 0) is 54.2 Å². The van der Waals surface area contributed by atoms with Gasteiger partial charge in [-0.1, -0.05) is 12.1 Å². The summed E-state index contributed by atoms with van der Waals surface area (Å²) in [5.41, 5.74) is 3.82. The fraction of sp³-hybridized carbons (Fsp3) is 0.478. The summed E-state index contributed by atoms with van der Waals surface area (Å²) >= 11 is 0. The van der Waals surface area contributed by atoms with Gasteiger partial charge in [-0.15, -0.1) is 0 Å². The molecule has 0 radical (unpaired) electrons. The van der Waals surface area contributed by atoms with Gasteiger partial charge >= 0.3 is 0 Å². The summed E-state index contributed by atoms with van der Waals surface area (Å²) < 4.78 is 17.4. The molecular weight excluding hydrogens is 368 g/mol. The topological polar surface area (TPSA) is 60.9 Å². The highest BCUT2D eigenvalue weighted by Crippen LogP contribution is 2.42. The van der Waals surface area contributed by atoms with E-state index in [9.17, 15) is 4.79 Å². The van der Waals surface area contributed by atoms with Crippen LogP contribution in [-0.2, 0) is 34.0 Å². The minimum Gasteiger partial charge on any atom is -0.375 e. The molecule has 6 nitrogen and oxygen atoms in total. The zero-order valence-corrected chi connectivity index (χ0v) is 16.5. The maximum atomic E-state index is 12.9. The fourth-order valence-electron chi connectivity index (χ4n) is 4.66. The third-order valence-electron chi connectivity index (χ3n) is 6.36. The van der Waals surface area contributed by atoms with Crippen molar-refractivity contribution in [3.8, 4) is 0 Å². The molecule has 1 atom stereocenters. The van der Waals surface area contributed by atoms with Crippen LogP contribution in [0, 0.1) is 5.92 Å². The summed E-state index contributed by atoms with van der Waals surface area (Å²) in [4.78, 5) is 19.1. The van der Waals surface area contributed by atoms with Crippen LogP contribution in [0.2, 0.25) is 0 Å². The molecule has 0 unspecified atom stereocenters. The molecule has 6 heteroatoms. The Balaban J connectivity index is 1.13. The highest BCUT2D eigenvalue weighted by Gasteiger charge is 2.54. The molecule has 2 saturated heterocycles. The highest BCUT2D eigenvalue weighted by molar-refractivity contribution is 5.95. The molecule has 152 valence electrons. The fourth-order valence-corrected chi connectivity index (χ4v) is 4.66. The predicted molar refractivity (Wildman–Crippen MR) is 106 cm³/mol. The van der Waals surface area contributed by atoms with E-state index in [0.29, 0.717) is 45.4 Å². The van der Waals surface area contributed by atoms with Gasteiger partial charge in [-0.25, -0.2) is 0 Å². The maximum absolute atomic E-state index is 12.9. The zero-order chi connectivity index (χ0) is 19.7. The molecule has 0 aliphatic carbocycles. The number of amides is 1. The second kappa shape index (κ2) is 7.86. The van der Waals surface area contributed by atoms with Crippen LogP contribution in [-0.4, -0.2) is 47.7 Å². The maximum Gasteiger partial charge on any atom is 0.254 e. The van der Waals surface area contributed by atoms with E-state index >= 15 is 0 Å². The first kappa shape index (κ1) is 18.7. The lowest BCUT2D eigenvalue weighted by atomic mass is 9.79. The molecule has 1 aromatic carbocycles. The van der Waals surface area contributed by atoms with E-state index < -0.39 is 0 Å². The van der Waals surface area contributed by atoms with E-state index in [1.807, 2.05) is 41.3 Å². The average Bonchev–Trinajstić information content (AvgIpc) is 3.36. The van der Waals surface area contributed by atoms with Crippen molar-refractivity contribution >= 4 is 5.91 Å². The van der Waals surface area contributed by atoms with E-state index in [1.165, 1.54) is 5.56 Å². The lowest BCUT2D eigenvalue weighted by Crippen LogP contribution is -2.66. The molecule has 3 aliphatic rings. The van der Waals surface area contributed by atoms with Gasteiger partial charge in [0.1, 0.15) is 5.60 Å². The highest BCUT2D eigenvalue weighted by atomic mass is 16.5. The molecule has 0 saturated carbocycles. The first-order valence-electron chi connectivity index (χ1n) is 10.3. The molecule has 1 aromatic heterocycles. The van der Waals surface area contributed by atoms with E-state index in [1.54, 1.807) is 6.20 Å². The van der Waals surface area contributed by atoms with Gasteiger partial charge in [0.25, 0.3) is 5.91 Å². The summed E-state index contributed by atoms with van der Waals surface area (Å²) in [6.45, 7) is 4.58. The van der Waals surface area contributed by atoms with Crippen molar-refractivity contribution in [3.63, 3.8) is 0 Å². The quantitative estimate of drug-likeness (QED) is 0.705. The van der Waals surface area contributed by atoms with E-state index in [0.717, 1.165) is 36.3 Å². The van der Waals surface area contributed by atoms with Crippen LogP contribution in [0.25, 0.3) is 0 Å². The third kappa shape index (κ3) is 3.68. The standard InChI is InChI=1S/C23H26N2O4/c26-22(17-4-5-18-12-28-13-19(18)11-17)25-15-23(16-25)20(7-10-29-23)6-9-27-14-21-3-1-2-8-24-21/h1-5,8,11,20H,6-7,9-10,12-16H2/t20-/m0/s1. The minimum atomic E-state index is -0.191. The molecule has 2 fully saturated rings. The summed E-state index contributed by atoms with van der Waals surface area (Å²) in [5.74, 6) is 0.523. The monoisotopic (exact) mass is 394 g/mol. The molecule has 0 bridgehead atoms. The predicted octanol–water partition coefficient (Wildman–Crippen LogP) is 2.95. The number of nitrogens with zero attached hydrogens (tertiary/aromatic N) is 2. The Morgan fingerprint density at radius 3 is 2.97 bits per heavy atom. The number of fused-ring (bicyclic) bond motifs is 1. The molecule has 0 N–H and O–H groups in total. The number of benzene rings is 1. The second-order valence-corrected chi connectivity index (χ2v) is 8.20. The molecule has 5 rings (SSSR count). The van der Waals surface area contributed by atoms with Gasteiger partial charge in [0.2, 0.25) is 0 Å². The Morgan fingerprint density at radius 2 is 2.10 bits per heavy atom. The Labute approximate surface area is 170 Å². The first-order valence-corrected chi connectivity index (χ1v) is 10.3. The van der Waals surface area contributed by atoms with Gasteiger partial charge < -0.3 is 19.1 Å². The minimum absolute atomic E-state index is 0.0889. The molecule has 2 aromatic rings. The van der Waals surface area contributed by atoms with Gasteiger partial charge in [0.15, 0.2) is 0 Å². The molecule has 29 heavy (non-hydrogen) atoms. The largest absolute Gasteiger partial charge is 0.375 e. The van der Waals surface area contributed by atoms with Crippen LogP contribution in [0.15, 0.2) is 42.6 Å². The van der Waals surface area contributed by atoms with Gasteiger partial charge in [0, 0.05) is 25.0 Å². The van der Waals surface area contributed by atoms with Crippen molar-refractivity contribution in [1.29, 1.82) is 0 Å². The van der Waals surface area contributed by atoms with E-state index in [2.05, 4.69) is 4.98 Å². The van der Waals surface area contributed by atoms with E-state index in [4.69, 9.17) is 14.2 Å². The van der Waals surface area contributed by atoms with Crippen molar-refractivity contribution in [2.45, 2.75) is 38.3 Å². The smallest absolute Gasteiger partial charge is 0.254 e. The van der Waals surface area contributed by atoms with Crippen LogP contribution >= 0.6 is 0 Å². The normalized spacial score (nSPS) is 21.9. The van der Waals surface area contributed by atoms with Crippen LogP contribution in [0.5, 0.6) is 0 Å². The number of carbonyl (C=O) groups excluding carboxylic acids is 1. The Bertz CT molecular complexity index is 880. The van der Waals surface area contributed by atoms with E-state index in [-0.39, 0.29) is 11.5 Å². The number of pyridine rings is 1. The SMILES string of the molecule is O=C(c1ccc2c(c1)COC2)N1CC2(C1)OCC[C@@H]2CCOCc1ccccn1. The lowest BCUT2D eigenvalue weighted by molar-refractivity contribution is -0.120. The summed E-state index contributed by atoms with van der Waals surface area (Å²) in [7, 11) is 0. The van der Waals surface area contributed by atoms with Crippen LogP contribution in [0.4, 0.5) is 0 Å². The molecule has 3 aliphatic heterocycles. The van der Waals surface area contributed by atoms with Crippen molar-refractivity contribution in [3.05, 3.63) is 65.0 Å². The molecule has 4 heterocycles. The number of carbonyl (C=O) groups is 1. The summed E-state index contributed by atoms with van der Waals surface area (Å²) in [5, 5.41) is 0. The average molecular weight is 394 g/mol. The van der Waals surface area contributed by atoms with Crippen LogP contribution in [0.1, 0.15) is 40.0 Å². The zero-order valence-electron chi connectivity index (χ0n) is 16.5. The van der Waals surface area contributed by atoms with Gasteiger partial charge in [-0.3, -0.25) is 9.78 Å². The molecule has 1 spiro atoms. The number of hydrogen-bond acceptors (Lipinski definition) is 5. The molecule has 1 amide bonds. The number of aromatic nitrogens is 1. The van der Waals surface area contributed by atoms with Crippen molar-refractivity contribution in [2.75, 3.05) is 26.3 Å². The van der Waals surface area contributed by atoms with Crippen molar-refractivity contribution in [1.82, 2.24) is 9.88 Å². The number of ether oxygens (including phenoxy) is 3. The molecular formula is C23H26N2O4. The summed E-state index contributed by atoms with van der Waals surface area (Å²) in [6.07, 6.45) is 3.77. The second-order valence-electron chi connectivity index (χ2n) is 8.20. The van der Waals surface area contributed by atoms with Gasteiger partial charge in [-0.2, -0.15) is 0 Å². The summed E-state index contributed by atoms with van der Waals surface area (Å²) in [6, 6.07) is 11.8. The number of rotatable bonds is 6. The van der Waals surface area contributed by atoms with Crippen LogP contribution in [0.3, 0.4) is 0 Å². The number of likely N-dealkylation sites (tertiary alicyclic amines) is 1. The van der Waals surface area contributed by atoms with Gasteiger partial charge in [0.05, 0.1) is 38.6 Å². The Kier molecular flexibility index (Phi) is 5.08. The number of hydrogen-bond donors (Lipinski definition) is 0. The Morgan fingerprint density at radius 1 is 1.21 bits per heavy atom. The van der Waals surface area contributed by atoms with Crippen molar-refractivity contribution in [2.24, 2.45) is 5.92 Å². The Hall–Kier alpha value is -2.28. The lowest BCUT2D eigenvalue weighted by Gasteiger charge is -2.50.